The highest BCUT2D eigenvalue weighted by Crippen LogP contribution is 2.16. The van der Waals surface area contributed by atoms with Crippen LogP contribution in [0, 0.1) is 4.77 Å². The van der Waals surface area contributed by atoms with Crippen LogP contribution in [0.4, 0.5) is 0 Å². The van der Waals surface area contributed by atoms with Crippen molar-refractivity contribution in [3.63, 3.8) is 0 Å². The maximum atomic E-state index is 12.4. The van der Waals surface area contributed by atoms with E-state index in [0.717, 1.165) is 5.69 Å². The molecule has 0 spiro atoms. The number of hydrogen-bond acceptors (Lipinski definition) is 3. The standard InChI is InChI=1S/C14H14N4OS/c1-9(2)10-3-5-11(6-4-10)17-7-8-18-12(13(17)19)15-16-14(18)20/h3-9H,1-2H3,(H,16,20). The normalized spacial score (nSPS) is 11.3. The van der Waals surface area contributed by atoms with Crippen LogP contribution >= 0.6 is 12.2 Å². The Morgan fingerprint density at radius 3 is 2.55 bits per heavy atom. The molecule has 0 bridgehead atoms. The summed E-state index contributed by atoms with van der Waals surface area (Å²) < 4.78 is 3.55. The number of H-pyrrole nitrogens is 1. The Bertz CT molecular complexity index is 871. The van der Waals surface area contributed by atoms with Crippen molar-refractivity contribution in [3.05, 3.63) is 57.3 Å². The molecule has 3 aromatic rings. The number of nitrogens with zero attached hydrogens (tertiary/aromatic N) is 3. The lowest BCUT2D eigenvalue weighted by atomic mass is 10.0. The van der Waals surface area contributed by atoms with Gasteiger partial charge in [-0.3, -0.25) is 18.9 Å². The van der Waals surface area contributed by atoms with E-state index in [-0.39, 0.29) is 5.56 Å². The quantitative estimate of drug-likeness (QED) is 0.737. The van der Waals surface area contributed by atoms with E-state index < -0.39 is 0 Å². The zero-order valence-corrected chi connectivity index (χ0v) is 12.0. The number of nitrogens with one attached hydrogen (secondary N) is 1. The van der Waals surface area contributed by atoms with Crippen molar-refractivity contribution in [3.8, 4) is 5.69 Å². The van der Waals surface area contributed by atoms with Gasteiger partial charge in [0.2, 0.25) is 5.65 Å². The molecule has 0 atom stereocenters. The van der Waals surface area contributed by atoms with Gasteiger partial charge >= 0.3 is 5.56 Å². The maximum Gasteiger partial charge on any atom is 0.300 e. The summed E-state index contributed by atoms with van der Waals surface area (Å²) in [6, 6.07) is 7.95. The van der Waals surface area contributed by atoms with Gasteiger partial charge in [0.05, 0.1) is 0 Å². The van der Waals surface area contributed by atoms with Crippen LogP contribution in [0.3, 0.4) is 0 Å². The third-order valence-electron chi connectivity index (χ3n) is 3.32. The zero-order valence-electron chi connectivity index (χ0n) is 11.2. The fourth-order valence-electron chi connectivity index (χ4n) is 2.13. The summed E-state index contributed by atoms with van der Waals surface area (Å²) in [5.74, 6) is 0.466. The number of hydrogen-bond donors (Lipinski definition) is 1. The van der Waals surface area contributed by atoms with E-state index >= 15 is 0 Å². The summed E-state index contributed by atoms with van der Waals surface area (Å²) in [6.45, 7) is 4.28. The van der Waals surface area contributed by atoms with Crippen LogP contribution < -0.4 is 5.56 Å². The Morgan fingerprint density at radius 1 is 1.20 bits per heavy atom. The Labute approximate surface area is 120 Å². The summed E-state index contributed by atoms with van der Waals surface area (Å²) in [4.78, 5) is 12.4. The third kappa shape index (κ3) is 1.98. The van der Waals surface area contributed by atoms with Gasteiger partial charge in [0.15, 0.2) is 4.77 Å². The summed E-state index contributed by atoms with van der Waals surface area (Å²) in [5, 5.41) is 6.58. The molecule has 0 aliphatic rings. The molecule has 0 amide bonds. The topological polar surface area (TPSA) is 55.1 Å². The molecular weight excluding hydrogens is 272 g/mol. The smallest absolute Gasteiger partial charge is 0.280 e. The predicted octanol–water partition coefficient (Wildman–Crippen LogP) is 2.67. The lowest BCUT2D eigenvalue weighted by Crippen LogP contribution is -2.20. The second-order valence-corrected chi connectivity index (χ2v) is 5.33. The molecule has 0 radical (unpaired) electrons. The Kier molecular flexibility index (Phi) is 3.02. The van der Waals surface area contributed by atoms with Crippen LogP contribution in [-0.4, -0.2) is 19.2 Å². The van der Waals surface area contributed by atoms with Crippen LogP contribution in [0.1, 0.15) is 25.3 Å². The van der Waals surface area contributed by atoms with Gasteiger partial charge in [-0.2, -0.15) is 0 Å². The molecule has 2 aromatic heterocycles. The van der Waals surface area contributed by atoms with E-state index in [0.29, 0.717) is 16.3 Å². The van der Waals surface area contributed by atoms with Gasteiger partial charge in [0.25, 0.3) is 0 Å². The van der Waals surface area contributed by atoms with Crippen LogP contribution in [-0.2, 0) is 0 Å². The predicted molar refractivity (Wildman–Crippen MR) is 80.1 cm³/mol. The van der Waals surface area contributed by atoms with Gasteiger partial charge in [-0.1, -0.05) is 26.0 Å². The number of aromatic nitrogens is 4. The molecule has 0 saturated heterocycles. The molecule has 0 unspecified atom stereocenters. The minimum atomic E-state index is -0.197. The Balaban J connectivity index is 2.17. The van der Waals surface area contributed by atoms with Crippen molar-refractivity contribution in [1.29, 1.82) is 0 Å². The first-order valence-corrected chi connectivity index (χ1v) is 6.77. The minimum absolute atomic E-state index is 0.197. The SMILES string of the molecule is CC(C)c1ccc(-n2ccn3c(=S)[nH]nc3c2=O)cc1. The number of aromatic amines is 1. The molecule has 6 heteroatoms. The summed E-state index contributed by atoms with van der Waals surface area (Å²) in [7, 11) is 0. The molecule has 102 valence electrons. The molecule has 20 heavy (non-hydrogen) atoms. The third-order valence-corrected chi connectivity index (χ3v) is 3.61. The van der Waals surface area contributed by atoms with E-state index in [1.54, 1.807) is 21.4 Å². The van der Waals surface area contributed by atoms with E-state index in [4.69, 9.17) is 12.2 Å². The molecule has 0 fully saturated rings. The van der Waals surface area contributed by atoms with Crippen LogP contribution in [0.15, 0.2) is 41.5 Å². The Hall–Kier alpha value is -2.21. The van der Waals surface area contributed by atoms with Crippen LogP contribution in [0.2, 0.25) is 0 Å². The molecule has 5 nitrogen and oxygen atoms in total. The summed E-state index contributed by atoms with van der Waals surface area (Å²) >= 11 is 5.05. The first-order valence-electron chi connectivity index (χ1n) is 6.36. The molecule has 0 aliphatic carbocycles. The van der Waals surface area contributed by atoms with Crippen LogP contribution in [0.5, 0.6) is 0 Å². The van der Waals surface area contributed by atoms with Crippen LogP contribution in [0.25, 0.3) is 11.3 Å². The average Bonchev–Trinajstić information content (AvgIpc) is 2.82. The second-order valence-electron chi connectivity index (χ2n) is 4.94. The first kappa shape index (κ1) is 12.8. The second kappa shape index (κ2) is 4.72. The molecule has 1 aromatic carbocycles. The largest absolute Gasteiger partial charge is 0.300 e. The van der Waals surface area contributed by atoms with Crippen molar-refractivity contribution in [2.75, 3.05) is 0 Å². The highest BCUT2D eigenvalue weighted by atomic mass is 32.1. The fraction of sp³-hybridized carbons (Fsp3) is 0.214. The minimum Gasteiger partial charge on any atom is -0.280 e. The molecule has 3 rings (SSSR count). The highest BCUT2D eigenvalue weighted by Gasteiger charge is 2.07. The van der Waals surface area contributed by atoms with Crippen molar-refractivity contribution in [2.24, 2.45) is 0 Å². The van der Waals surface area contributed by atoms with Gasteiger partial charge in [-0.25, -0.2) is 0 Å². The van der Waals surface area contributed by atoms with Crippen molar-refractivity contribution in [2.45, 2.75) is 19.8 Å². The lowest BCUT2D eigenvalue weighted by molar-refractivity contribution is 0.863. The molecular formula is C14H14N4OS. The van der Waals surface area contributed by atoms with E-state index in [1.807, 2.05) is 24.3 Å². The number of rotatable bonds is 2. The highest BCUT2D eigenvalue weighted by molar-refractivity contribution is 7.71. The zero-order chi connectivity index (χ0) is 14.3. The maximum absolute atomic E-state index is 12.4. The Morgan fingerprint density at radius 2 is 1.90 bits per heavy atom. The van der Waals surface area contributed by atoms with Crippen molar-refractivity contribution in [1.82, 2.24) is 19.2 Å². The monoisotopic (exact) mass is 286 g/mol. The van der Waals surface area contributed by atoms with Gasteiger partial charge in [0.1, 0.15) is 0 Å². The summed E-state index contributed by atoms with van der Waals surface area (Å²) in [6.07, 6.45) is 3.43. The van der Waals surface area contributed by atoms with E-state index in [9.17, 15) is 4.79 Å². The van der Waals surface area contributed by atoms with E-state index in [2.05, 4.69) is 24.0 Å². The van der Waals surface area contributed by atoms with Gasteiger partial charge in [-0.15, -0.1) is 5.10 Å². The average molecular weight is 286 g/mol. The lowest BCUT2D eigenvalue weighted by Gasteiger charge is -2.09. The molecule has 1 N–H and O–H groups in total. The molecule has 0 aliphatic heterocycles. The van der Waals surface area contributed by atoms with Crippen molar-refractivity contribution < 1.29 is 0 Å². The number of benzene rings is 1. The van der Waals surface area contributed by atoms with E-state index in [1.165, 1.54) is 5.56 Å². The summed E-state index contributed by atoms with van der Waals surface area (Å²) in [5.41, 5.74) is 2.16. The molecule has 2 heterocycles. The van der Waals surface area contributed by atoms with Gasteiger partial charge < -0.3 is 0 Å². The van der Waals surface area contributed by atoms with Gasteiger partial charge in [0, 0.05) is 18.1 Å². The molecule has 0 saturated carbocycles. The van der Waals surface area contributed by atoms with Crippen molar-refractivity contribution >= 4 is 17.9 Å². The van der Waals surface area contributed by atoms with Gasteiger partial charge in [-0.05, 0) is 35.8 Å². The number of fused-ring (bicyclic) bond motifs is 1. The fourth-order valence-corrected chi connectivity index (χ4v) is 2.32. The first-order chi connectivity index (χ1) is 9.58.